The molecule has 1 aliphatic heterocycles. The zero-order valence-corrected chi connectivity index (χ0v) is 19.1. The maximum atomic E-state index is 14.1. The second-order valence-electron chi connectivity index (χ2n) is 9.31. The molecule has 10 heteroatoms. The third-order valence-electron chi connectivity index (χ3n) is 6.97. The predicted octanol–water partition coefficient (Wildman–Crippen LogP) is 3.98. The summed E-state index contributed by atoms with van der Waals surface area (Å²) in [6, 6.07) is 9.32. The second kappa shape index (κ2) is 8.05. The summed E-state index contributed by atoms with van der Waals surface area (Å²) in [5.74, 6) is -4.53. The van der Waals surface area contributed by atoms with Gasteiger partial charge in [0.15, 0.2) is 11.4 Å². The van der Waals surface area contributed by atoms with Crippen molar-refractivity contribution in [2.24, 2.45) is 5.92 Å². The van der Waals surface area contributed by atoms with Crippen LogP contribution in [0.5, 0.6) is 0 Å². The number of aromatic nitrogens is 2. The van der Waals surface area contributed by atoms with Gasteiger partial charge in [-0.15, -0.1) is 0 Å². The molecule has 3 aromatic rings. The van der Waals surface area contributed by atoms with Crippen molar-refractivity contribution in [3.63, 3.8) is 0 Å². The van der Waals surface area contributed by atoms with Crippen LogP contribution in [0.4, 0.5) is 20.3 Å². The molecule has 5 rings (SSSR count). The quantitative estimate of drug-likeness (QED) is 0.570. The molecule has 1 aromatic carbocycles. The van der Waals surface area contributed by atoms with Gasteiger partial charge in [0.05, 0.1) is 11.6 Å². The fourth-order valence-electron chi connectivity index (χ4n) is 5.28. The van der Waals surface area contributed by atoms with Crippen LogP contribution in [0.2, 0.25) is 0 Å². The number of nitriles is 1. The summed E-state index contributed by atoms with van der Waals surface area (Å²) in [5.41, 5.74) is 1.41. The largest absolute Gasteiger partial charge is 0.478 e. The third kappa shape index (κ3) is 3.67. The summed E-state index contributed by atoms with van der Waals surface area (Å²) in [6.07, 6.45) is 1.55. The molecule has 180 valence electrons. The molecule has 2 N–H and O–H groups in total. The Kier molecular flexibility index (Phi) is 5.24. The van der Waals surface area contributed by atoms with E-state index in [0.29, 0.717) is 17.7 Å². The van der Waals surface area contributed by atoms with Crippen molar-refractivity contribution in [1.82, 2.24) is 9.38 Å². The van der Waals surface area contributed by atoms with Gasteiger partial charge in [-0.3, -0.25) is 9.20 Å². The van der Waals surface area contributed by atoms with Crippen LogP contribution in [0.25, 0.3) is 5.65 Å². The SMILES string of the molecule is Cc1cc(C(C)Nc2ccccc2C(=O)O)c2nc(N3C[C@@H]4C[C@H]3CC4(F)F)c(C#N)c(=O)n2c1. The van der Waals surface area contributed by atoms with Crippen LogP contribution in [0, 0.1) is 24.2 Å². The van der Waals surface area contributed by atoms with Gasteiger partial charge in [-0.25, -0.2) is 18.6 Å². The fourth-order valence-corrected chi connectivity index (χ4v) is 5.28. The minimum atomic E-state index is -2.75. The number of anilines is 2. The molecule has 2 fully saturated rings. The molecular weight excluding hydrogens is 456 g/mol. The Morgan fingerprint density at radius 1 is 1.37 bits per heavy atom. The number of aryl methyl sites for hydroxylation is 1. The normalized spacial score (nSPS) is 21.2. The van der Waals surface area contributed by atoms with Crippen molar-refractivity contribution in [1.29, 1.82) is 5.26 Å². The molecule has 3 heterocycles. The number of hydrogen-bond donors (Lipinski definition) is 2. The molecule has 1 aliphatic carbocycles. The minimum Gasteiger partial charge on any atom is -0.478 e. The number of nitrogens with one attached hydrogen (secondary N) is 1. The maximum Gasteiger partial charge on any atom is 0.337 e. The molecule has 35 heavy (non-hydrogen) atoms. The summed E-state index contributed by atoms with van der Waals surface area (Å²) in [4.78, 5) is 31.3. The van der Waals surface area contributed by atoms with Crippen molar-refractivity contribution in [2.45, 2.75) is 44.7 Å². The summed E-state index contributed by atoms with van der Waals surface area (Å²) >= 11 is 0. The molecule has 1 saturated carbocycles. The average molecular weight is 479 g/mol. The third-order valence-corrected chi connectivity index (χ3v) is 6.97. The molecule has 1 saturated heterocycles. The van der Waals surface area contributed by atoms with E-state index < -0.39 is 35.5 Å². The van der Waals surface area contributed by atoms with Gasteiger partial charge >= 0.3 is 5.97 Å². The van der Waals surface area contributed by atoms with Gasteiger partial charge in [0.25, 0.3) is 11.5 Å². The smallest absolute Gasteiger partial charge is 0.337 e. The summed E-state index contributed by atoms with van der Waals surface area (Å²) in [7, 11) is 0. The highest BCUT2D eigenvalue weighted by atomic mass is 19.3. The standard InChI is InChI=1S/C25H23F2N5O3/c1-13-7-18(14(2)29-20-6-4-3-5-17(20)24(34)35)21-30-22(19(10-28)23(33)32(21)11-13)31-12-15-8-16(31)9-25(15,26)27/h3-7,11,14-16,29H,8-9,12H2,1-2H3,(H,34,35)/t14?,15-,16-/m0/s1. The Bertz CT molecular complexity index is 1460. The van der Waals surface area contributed by atoms with E-state index in [9.17, 15) is 28.7 Å². The van der Waals surface area contributed by atoms with E-state index >= 15 is 0 Å². The first-order valence-electron chi connectivity index (χ1n) is 11.3. The molecule has 2 bridgehead atoms. The van der Waals surface area contributed by atoms with Gasteiger partial charge < -0.3 is 15.3 Å². The molecule has 2 aromatic heterocycles. The molecule has 0 spiro atoms. The average Bonchev–Trinajstić information content (AvgIpc) is 3.35. The van der Waals surface area contributed by atoms with Crippen LogP contribution in [0.3, 0.4) is 0 Å². The maximum absolute atomic E-state index is 14.1. The first kappa shape index (κ1) is 22.8. The number of carboxylic acid groups (broad SMARTS) is 1. The number of carboxylic acids is 1. The molecule has 2 aliphatic rings. The van der Waals surface area contributed by atoms with Crippen LogP contribution >= 0.6 is 0 Å². The lowest BCUT2D eigenvalue weighted by atomic mass is 10.0. The zero-order chi connectivity index (χ0) is 25.1. The van der Waals surface area contributed by atoms with Crippen molar-refractivity contribution in [3.8, 4) is 6.07 Å². The van der Waals surface area contributed by atoms with Gasteiger partial charge in [0.1, 0.15) is 11.7 Å². The highest BCUT2D eigenvalue weighted by Crippen LogP contribution is 2.49. The van der Waals surface area contributed by atoms with E-state index in [1.807, 2.05) is 19.1 Å². The number of pyridine rings is 1. The van der Waals surface area contributed by atoms with Crippen LogP contribution in [-0.4, -0.2) is 39.0 Å². The Hall–Kier alpha value is -4.00. The fraction of sp³-hybridized carbons (Fsp3) is 0.360. The number of nitrogens with zero attached hydrogens (tertiary/aromatic N) is 4. The summed E-state index contributed by atoms with van der Waals surface area (Å²) in [6.45, 7) is 3.65. The van der Waals surface area contributed by atoms with Crippen molar-refractivity contribution in [3.05, 3.63) is 69.1 Å². The van der Waals surface area contributed by atoms with Gasteiger partial charge in [-0.2, -0.15) is 5.26 Å². The van der Waals surface area contributed by atoms with Crippen LogP contribution in [0.15, 0.2) is 41.3 Å². The summed E-state index contributed by atoms with van der Waals surface area (Å²) < 4.78 is 29.6. The number of halogens is 2. The first-order valence-corrected chi connectivity index (χ1v) is 11.3. The van der Waals surface area contributed by atoms with Crippen LogP contribution in [-0.2, 0) is 0 Å². The Morgan fingerprint density at radius 2 is 2.11 bits per heavy atom. The van der Waals surface area contributed by atoms with Crippen LogP contribution in [0.1, 0.15) is 52.9 Å². The van der Waals surface area contributed by atoms with E-state index in [4.69, 9.17) is 0 Å². The van der Waals surface area contributed by atoms with Gasteiger partial charge in [-0.1, -0.05) is 12.1 Å². The van der Waals surface area contributed by atoms with Crippen molar-refractivity contribution in [2.75, 3.05) is 16.8 Å². The minimum absolute atomic E-state index is 0.0376. The number of aromatic carboxylic acids is 1. The van der Waals surface area contributed by atoms with Gasteiger partial charge in [0.2, 0.25) is 0 Å². The number of alkyl halides is 2. The number of rotatable bonds is 5. The van der Waals surface area contributed by atoms with E-state index in [2.05, 4.69) is 10.3 Å². The number of carbonyl (C=O) groups is 1. The second-order valence-corrected chi connectivity index (χ2v) is 9.31. The number of para-hydroxylation sites is 1. The highest BCUT2D eigenvalue weighted by molar-refractivity contribution is 5.94. The molecule has 0 amide bonds. The van der Waals surface area contributed by atoms with Gasteiger partial charge in [-0.05, 0) is 44.0 Å². The lowest BCUT2D eigenvalue weighted by Gasteiger charge is -2.32. The number of piperidine rings is 1. The molecular formula is C25H23F2N5O3. The summed E-state index contributed by atoms with van der Waals surface area (Å²) in [5, 5.41) is 22.5. The van der Waals surface area contributed by atoms with Crippen molar-refractivity contribution < 1.29 is 18.7 Å². The predicted molar refractivity (Wildman–Crippen MR) is 125 cm³/mol. The number of hydrogen-bond acceptors (Lipinski definition) is 6. The highest BCUT2D eigenvalue weighted by Gasteiger charge is 2.56. The molecule has 3 atom stereocenters. The van der Waals surface area contributed by atoms with Gasteiger partial charge in [0, 0.05) is 42.4 Å². The Balaban J connectivity index is 1.63. The zero-order valence-electron chi connectivity index (χ0n) is 19.1. The lowest BCUT2D eigenvalue weighted by molar-refractivity contribution is -0.0411. The number of fused-ring (bicyclic) bond motifs is 3. The molecule has 1 unspecified atom stereocenters. The first-order chi connectivity index (χ1) is 16.6. The van der Waals surface area contributed by atoms with E-state index in [1.165, 1.54) is 10.5 Å². The monoisotopic (exact) mass is 479 g/mol. The lowest BCUT2D eigenvalue weighted by Crippen LogP contribution is -2.42. The molecule has 8 nitrogen and oxygen atoms in total. The topological polar surface area (TPSA) is 111 Å². The van der Waals surface area contributed by atoms with Crippen molar-refractivity contribution >= 4 is 23.1 Å². The molecule has 0 radical (unpaired) electrons. The van der Waals surface area contributed by atoms with Crippen LogP contribution < -0.4 is 15.8 Å². The number of benzene rings is 1. The van der Waals surface area contributed by atoms with E-state index in [1.54, 1.807) is 36.2 Å². The Labute approximate surface area is 199 Å². The Morgan fingerprint density at radius 3 is 2.74 bits per heavy atom. The van der Waals surface area contributed by atoms with E-state index in [-0.39, 0.29) is 35.6 Å². The van der Waals surface area contributed by atoms with E-state index in [0.717, 1.165) is 5.56 Å².